The van der Waals surface area contributed by atoms with Crippen molar-refractivity contribution in [3.63, 3.8) is 0 Å². The maximum absolute atomic E-state index is 12.5. The Morgan fingerprint density at radius 2 is 1.93 bits per heavy atom. The Hall–Kier alpha value is -2.67. The minimum atomic E-state index is -0.391. The van der Waals surface area contributed by atoms with Gasteiger partial charge in [-0.3, -0.25) is 14.4 Å². The zero-order chi connectivity index (χ0) is 19.4. The van der Waals surface area contributed by atoms with Crippen LogP contribution in [0.5, 0.6) is 0 Å². The van der Waals surface area contributed by atoms with Crippen LogP contribution in [-0.4, -0.2) is 24.3 Å². The van der Waals surface area contributed by atoms with Gasteiger partial charge in [-0.15, -0.1) is 0 Å². The molecule has 0 saturated carbocycles. The van der Waals surface area contributed by atoms with Crippen molar-refractivity contribution in [2.24, 2.45) is 5.92 Å². The number of carbonyl (C=O) groups excluding carboxylic acids is 3. The Bertz CT molecular complexity index is 867. The smallest absolute Gasteiger partial charge is 0.227 e. The molecular weight excluding hydrogens is 410 g/mol. The minimum Gasteiger partial charge on any atom is -0.352 e. The summed E-state index contributed by atoms with van der Waals surface area (Å²) in [5.74, 6) is -0.798. The van der Waals surface area contributed by atoms with Crippen molar-refractivity contribution < 1.29 is 14.4 Å². The van der Waals surface area contributed by atoms with E-state index in [2.05, 4.69) is 26.6 Å². The highest BCUT2D eigenvalue weighted by atomic mass is 79.9. The van der Waals surface area contributed by atoms with Crippen LogP contribution >= 0.6 is 15.9 Å². The predicted molar refractivity (Wildman–Crippen MR) is 107 cm³/mol. The average Bonchev–Trinajstić information content (AvgIpc) is 3.02. The van der Waals surface area contributed by atoms with Gasteiger partial charge < -0.3 is 15.5 Å². The Kier molecular flexibility index (Phi) is 5.91. The molecule has 2 aromatic carbocycles. The normalized spacial score (nSPS) is 16.3. The Balaban J connectivity index is 1.62. The van der Waals surface area contributed by atoms with Crippen LogP contribution in [0.3, 0.4) is 0 Å². The summed E-state index contributed by atoms with van der Waals surface area (Å²) in [6, 6.07) is 14.8. The molecule has 1 atom stereocenters. The molecule has 0 bridgehead atoms. The SMILES string of the molecule is CC(=O)Nc1cccc(N2C[C@H](C(=O)NCc3ccc(Br)cc3)CC2=O)c1. The summed E-state index contributed by atoms with van der Waals surface area (Å²) >= 11 is 3.38. The van der Waals surface area contributed by atoms with Gasteiger partial charge in [-0.2, -0.15) is 0 Å². The van der Waals surface area contributed by atoms with E-state index in [1.807, 2.05) is 24.3 Å². The summed E-state index contributed by atoms with van der Waals surface area (Å²) in [7, 11) is 0. The van der Waals surface area contributed by atoms with Crippen molar-refractivity contribution in [2.45, 2.75) is 19.9 Å². The predicted octanol–water partition coefficient (Wildman–Crippen LogP) is 3.08. The largest absolute Gasteiger partial charge is 0.352 e. The molecule has 0 unspecified atom stereocenters. The van der Waals surface area contributed by atoms with Gasteiger partial charge in [-0.25, -0.2) is 0 Å². The van der Waals surface area contributed by atoms with E-state index in [0.717, 1.165) is 10.0 Å². The molecule has 27 heavy (non-hydrogen) atoms. The molecule has 0 aromatic heterocycles. The molecule has 3 amide bonds. The lowest BCUT2D eigenvalue weighted by Crippen LogP contribution is -2.32. The van der Waals surface area contributed by atoms with E-state index in [0.29, 0.717) is 24.5 Å². The van der Waals surface area contributed by atoms with Crippen LogP contribution in [-0.2, 0) is 20.9 Å². The molecule has 2 aromatic rings. The minimum absolute atomic E-state index is 0.0984. The van der Waals surface area contributed by atoms with E-state index in [-0.39, 0.29) is 24.1 Å². The van der Waals surface area contributed by atoms with Gasteiger partial charge in [0.25, 0.3) is 0 Å². The van der Waals surface area contributed by atoms with Gasteiger partial charge in [-0.05, 0) is 35.9 Å². The molecule has 140 valence electrons. The standard InChI is InChI=1S/C20H20BrN3O3/c1-13(25)23-17-3-2-4-18(10-17)24-12-15(9-19(24)26)20(27)22-11-14-5-7-16(21)8-6-14/h2-8,10,15H,9,11-12H2,1H3,(H,22,27)(H,23,25)/t15-/m1/s1. The van der Waals surface area contributed by atoms with Crippen molar-refractivity contribution in [1.82, 2.24) is 5.32 Å². The molecule has 1 aliphatic heterocycles. The molecule has 7 heteroatoms. The van der Waals surface area contributed by atoms with Crippen molar-refractivity contribution in [1.29, 1.82) is 0 Å². The van der Waals surface area contributed by atoms with Crippen molar-refractivity contribution in [3.8, 4) is 0 Å². The molecule has 1 heterocycles. The molecule has 0 radical (unpaired) electrons. The highest BCUT2D eigenvalue weighted by Crippen LogP contribution is 2.27. The first-order valence-corrected chi connectivity index (χ1v) is 9.42. The summed E-state index contributed by atoms with van der Waals surface area (Å²) in [5.41, 5.74) is 2.29. The molecule has 1 saturated heterocycles. The first-order valence-electron chi connectivity index (χ1n) is 8.62. The van der Waals surface area contributed by atoms with Crippen LogP contribution < -0.4 is 15.5 Å². The Labute approximate surface area is 166 Å². The lowest BCUT2D eigenvalue weighted by Gasteiger charge is -2.18. The quantitative estimate of drug-likeness (QED) is 0.766. The van der Waals surface area contributed by atoms with Gasteiger partial charge in [0.1, 0.15) is 0 Å². The highest BCUT2D eigenvalue weighted by Gasteiger charge is 2.35. The molecule has 0 aliphatic carbocycles. The molecule has 6 nitrogen and oxygen atoms in total. The van der Waals surface area contributed by atoms with Crippen molar-refractivity contribution in [3.05, 3.63) is 58.6 Å². The van der Waals surface area contributed by atoms with Crippen LogP contribution in [0.4, 0.5) is 11.4 Å². The molecule has 2 N–H and O–H groups in total. The number of benzene rings is 2. The Morgan fingerprint density at radius 3 is 2.63 bits per heavy atom. The van der Waals surface area contributed by atoms with Crippen LogP contribution in [0.15, 0.2) is 53.0 Å². The van der Waals surface area contributed by atoms with Crippen molar-refractivity contribution in [2.75, 3.05) is 16.8 Å². The number of anilines is 2. The number of rotatable bonds is 5. The maximum atomic E-state index is 12.5. The molecule has 1 fully saturated rings. The summed E-state index contributed by atoms with van der Waals surface area (Å²) in [4.78, 5) is 37.7. The number of nitrogens with zero attached hydrogens (tertiary/aromatic N) is 1. The summed E-state index contributed by atoms with van der Waals surface area (Å²) in [5, 5.41) is 5.60. The van der Waals surface area contributed by atoms with E-state index in [9.17, 15) is 14.4 Å². The fraction of sp³-hybridized carbons (Fsp3) is 0.250. The topological polar surface area (TPSA) is 78.5 Å². The third kappa shape index (κ3) is 4.95. The third-order valence-electron chi connectivity index (χ3n) is 4.35. The zero-order valence-corrected chi connectivity index (χ0v) is 16.5. The highest BCUT2D eigenvalue weighted by molar-refractivity contribution is 9.10. The third-order valence-corrected chi connectivity index (χ3v) is 4.88. The maximum Gasteiger partial charge on any atom is 0.227 e. The first-order chi connectivity index (χ1) is 12.9. The van der Waals surface area contributed by atoms with Gasteiger partial charge in [0.2, 0.25) is 17.7 Å². The van der Waals surface area contributed by atoms with E-state index >= 15 is 0 Å². The van der Waals surface area contributed by atoms with Gasteiger partial charge in [-0.1, -0.05) is 34.1 Å². The Morgan fingerprint density at radius 1 is 1.19 bits per heavy atom. The van der Waals surface area contributed by atoms with Gasteiger partial charge >= 0.3 is 0 Å². The summed E-state index contributed by atoms with van der Waals surface area (Å²) in [6.45, 7) is 2.18. The van der Waals surface area contributed by atoms with Gasteiger partial charge in [0.15, 0.2) is 0 Å². The van der Waals surface area contributed by atoms with Crippen LogP contribution in [0, 0.1) is 5.92 Å². The van der Waals surface area contributed by atoms with Crippen LogP contribution in [0.2, 0.25) is 0 Å². The van der Waals surface area contributed by atoms with Crippen molar-refractivity contribution >= 4 is 45.0 Å². The lowest BCUT2D eigenvalue weighted by atomic mass is 10.1. The summed E-state index contributed by atoms with van der Waals surface area (Å²) < 4.78 is 0.983. The first kappa shape index (κ1) is 19.1. The monoisotopic (exact) mass is 429 g/mol. The molecular formula is C20H20BrN3O3. The molecule has 1 aliphatic rings. The molecule has 0 spiro atoms. The fourth-order valence-corrected chi connectivity index (χ4v) is 3.29. The van der Waals surface area contributed by atoms with Crippen LogP contribution in [0.25, 0.3) is 0 Å². The lowest BCUT2D eigenvalue weighted by molar-refractivity contribution is -0.126. The van der Waals surface area contributed by atoms with E-state index in [1.165, 1.54) is 6.92 Å². The number of halogens is 1. The fourth-order valence-electron chi connectivity index (χ4n) is 3.02. The number of nitrogens with one attached hydrogen (secondary N) is 2. The van der Waals surface area contributed by atoms with E-state index in [4.69, 9.17) is 0 Å². The number of hydrogen-bond donors (Lipinski definition) is 2. The molecule has 3 rings (SSSR count). The second-order valence-corrected chi connectivity index (χ2v) is 7.40. The number of amides is 3. The number of hydrogen-bond acceptors (Lipinski definition) is 3. The zero-order valence-electron chi connectivity index (χ0n) is 14.9. The van der Waals surface area contributed by atoms with Gasteiger partial charge in [0.05, 0.1) is 5.92 Å². The van der Waals surface area contributed by atoms with E-state index in [1.54, 1.807) is 29.2 Å². The van der Waals surface area contributed by atoms with E-state index < -0.39 is 5.92 Å². The average molecular weight is 430 g/mol. The second-order valence-electron chi connectivity index (χ2n) is 6.48. The second kappa shape index (κ2) is 8.35. The number of carbonyl (C=O) groups is 3. The van der Waals surface area contributed by atoms with Crippen LogP contribution in [0.1, 0.15) is 18.9 Å². The van der Waals surface area contributed by atoms with Gasteiger partial charge in [0, 0.05) is 42.3 Å². The summed E-state index contributed by atoms with van der Waals surface area (Å²) in [6.07, 6.45) is 0.177.